The highest BCUT2D eigenvalue weighted by atomic mass is 16.5. The number of benzene rings is 1. The van der Waals surface area contributed by atoms with Crippen molar-refractivity contribution in [3.63, 3.8) is 0 Å². The predicted molar refractivity (Wildman–Crippen MR) is 104 cm³/mol. The normalized spacial score (nSPS) is 14.8. The van der Waals surface area contributed by atoms with E-state index in [4.69, 9.17) is 4.74 Å². The third-order valence-electron chi connectivity index (χ3n) is 4.93. The lowest BCUT2D eigenvalue weighted by molar-refractivity contribution is 0.0683. The van der Waals surface area contributed by atoms with E-state index in [1.165, 1.54) is 12.4 Å². The summed E-state index contributed by atoms with van der Waals surface area (Å²) in [5, 5.41) is 4.39. The zero-order valence-corrected chi connectivity index (χ0v) is 15.9. The van der Waals surface area contributed by atoms with Gasteiger partial charge in [-0.1, -0.05) is 30.3 Å². The minimum absolute atomic E-state index is 0.0859. The van der Waals surface area contributed by atoms with E-state index in [2.05, 4.69) is 21.3 Å². The van der Waals surface area contributed by atoms with Crippen molar-refractivity contribution < 1.29 is 9.53 Å². The Hall–Kier alpha value is -3.22. The van der Waals surface area contributed by atoms with Gasteiger partial charge in [0.2, 0.25) is 5.88 Å². The number of nitrogens with zero attached hydrogens (tertiary/aromatic N) is 5. The molecule has 7 heteroatoms. The average Bonchev–Trinajstić information content (AvgIpc) is 3.19. The quantitative estimate of drug-likeness (QED) is 0.683. The Morgan fingerprint density at radius 1 is 1.11 bits per heavy atom. The predicted octanol–water partition coefficient (Wildman–Crippen LogP) is 3.04. The summed E-state index contributed by atoms with van der Waals surface area (Å²) in [7, 11) is 0. The molecule has 0 unspecified atom stereocenters. The molecule has 0 bridgehead atoms. The van der Waals surface area contributed by atoms with Crippen LogP contribution in [0.25, 0.3) is 0 Å². The van der Waals surface area contributed by atoms with E-state index in [1.807, 2.05) is 53.0 Å². The second kappa shape index (κ2) is 8.21. The number of hydrogen-bond acceptors (Lipinski definition) is 5. The number of aromatic nitrogens is 4. The van der Waals surface area contributed by atoms with E-state index in [0.717, 1.165) is 24.0 Å². The van der Waals surface area contributed by atoms with Crippen molar-refractivity contribution in [3.8, 4) is 5.88 Å². The molecule has 28 heavy (non-hydrogen) atoms. The molecule has 0 N–H and O–H groups in total. The van der Waals surface area contributed by atoms with Crippen molar-refractivity contribution in [1.29, 1.82) is 0 Å². The average molecular weight is 377 g/mol. The van der Waals surface area contributed by atoms with Crippen LogP contribution >= 0.6 is 0 Å². The fraction of sp³-hybridized carbons (Fsp3) is 0.333. The lowest BCUT2D eigenvalue weighted by atomic mass is 10.0. The Morgan fingerprint density at radius 2 is 1.89 bits per heavy atom. The van der Waals surface area contributed by atoms with E-state index in [1.54, 1.807) is 0 Å². The van der Waals surface area contributed by atoms with Crippen LogP contribution in [0.1, 0.15) is 40.5 Å². The van der Waals surface area contributed by atoms with E-state index >= 15 is 0 Å². The van der Waals surface area contributed by atoms with Crippen LogP contribution in [-0.2, 0) is 6.61 Å². The Balaban J connectivity index is 1.31. The Morgan fingerprint density at radius 3 is 2.54 bits per heavy atom. The monoisotopic (exact) mass is 377 g/mol. The molecule has 0 radical (unpaired) electrons. The molecule has 0 aliphatic carbocycles. The van der Waals surface area contributed by atoms with Gasteiger partial charge in [0.1, 0.15) is 12.3 Å². The van der Waals surface area contributed by atoms with Gasteiger partial charge in [-0.2, -0.15) is 5.10 Å². The van der Waals surface area contributed by atoms with Crippen LogP contribution in [0.5, 0.6) is 5.88 Å². The Bertz CT molecular complexity index is 915. The molecule has 2 aromatic heterocycles. The maximum atomic E-state index is 12.7. The Kier molecular flexibility index (Phi) is 5.32. The van der Waals surface area contributed by atoms with Crippen LogP contribution < -0.4 is 4.74 Å². The van der Waals surface area contributed by atoms with Gasteiger partial charge in [-0.05, 0) is 30.9 Å². The number of carbonyl (C=O) groups is 1. The first kappa shape index (κ1) is 18.2. The van der Waals surface area contributed by atoms with Crippen molar-refractivity contribution in [3.05, 3.63) is 71.9 Å². The van der Waals surface area contributed by atoms with Crippen LogP contribution in [0, 0.1) is 6.92 Å². The standard InChI is InChI=1S/C21H23N5O2/c1-16-11-24-26(14-16)18-7-9-25(10-8-18)21(27)19-12-23-20(13-22-19)28-15-17-5-3-2-4-6-17/h2-6,11-14,18H,7-10,15H2,1H3. The molecule has 1 aliphatic heterocycles. The lowest BCUT2D eigenvalue weighted by Gasteiger charge is -2.31. The number of rotatable bonds is 5. The molecule has 3 heterocycles. The van der Waals surface area contributed by atoms with E-state index in [-0.39, 0.29) is 5.91 Å². The number of hydrogen-bond donors (Lipinski definition) is 0. The minimum atomic E-state index is -0.0859. The summed E-state index contributed by atoms with van der Waals surface area (Å²) in [6, 6.07) is 10.2. The molecule has 144 valence electrons. The largest absolute Gasteiger partial charge is 0.472 e. The zero-order valence-electron chi connectivity index (χ0n) is 15.9. The van der Waals surface area contributed by atoms with Crippen LogP contribution in [-0.4, -0.2) is 43.6 Å². The summed E-state index contributed by atoms with van der Waals surface area (Å²) in [6.07, 6.45) is 8.70. The van der Waals surface area contributed by atoms with Crippen LogP contribution in [0.4, 0.5) is 0 Å². The van der Waals surface area contributed by atoms with Crippen LogP contribution in [0.15, 0.2) is 55.1 Å². The second-order valence-corrected chi connectivity index (χ2v) is 7.04. The van der Waals surface area contributed by atoms with E-state index < -0.39 is 0 Å². The molecule has 3 aromatic rings. The highest BCUT2D eigenvalue weighted by Gasteiger charge is 2.25. The summed E-state index contributed by atoms with van der Waals surface area (Å²) in [5.41, 5.74) is 2.56. The van der Waals surface area contributed by atoms with Crippen molar-refractivity contribution in [2.75, 3.05) is 13.1 Å². The molecular weight excluding hydrogens is 354 g/mol. The van der Waals surface area contributed by atoms with Gasteiger partial charge in [-0.25, -0.2) is 9.97 Å². The second-order valence-electron chi connectivity index (χ2n) is 7.04. The molecule has 1 aromatic carbocycles. The number of carbonyl (C=O) groups excluding carboxylic acids is 1. The number of ether oxygens (including phenoxy) is 1. The zero-order chi connectivity index (χ0) is 19.3. The van der Waals surface area contributed by atoms with Crippen molar-refractivity contribution in [2.45, 2.75) is 32.4 Å². The minimum Gasteiger partial charge on any atom is -0.472 e. The SMILES string of the molecule is Cc1cnn(C2CCN(C(=O)c3cnc(OCc4ccccc4)cn3)CC2)c1. The highest BCUT2D eigenvalue weighted by Crippen LogP contribution is 2.23. The van der Waals surface area contributed by atoms with Gasteiger partial charge in [0.05, 0.1) is 24.6 Å². The van der Waals surface area contributed by atoms with Crippen molar-refractivity contribution >= 4 is 5.91 Å². The summed E-state index contributed by atoms with van der Waals surface area (Å²) < 4.78 is 7.64. The third-order valence-corrected chi connectivity index (χ3v) is 4.93. The van der Waals surface area contributed by atoms with Gasteiger partial charge < -0.3 is 9.64 Å². The molecular formula is C21H23N5O2. The fourth-order valence-electron chi connectivity index (χ4n) is 3.36. The van der Waals surface area contributed by atoms with Crippen molar-refractivity contribution in [1.82, 2.24) is 24.6 Å². The smallest absolute Gasteiger partial charge is 0.274 e. The first-order chi connectivity index (χ1) is 13.7. The molecule has 1 amide bonds. The summed E-state index contributed by atoms with van der Waals surface area (Å²) in [6.45, 7) is 3.84. The van der Waals surface area contributed by atoms with Gasteiger partial charge in [0, 0.05) is 19.3 Å². The van der Waals surface area contributed by atoms with E-state index in [0.29, 0.717) is 37.3 Å². The van der Waals surface area contributed by atoms with Gasteiger partial charge in [-0.3, -0.25) is 9.48 Å². The molecule has 1 fully saturated rings. The number of amides is 1. The molecule has 0 saturated carbocycles. The van der Waals surface area contributed by atoms with E-state index in [9.17, 15) is 4.79 Å². The molecule has 7 nitrogen and oxygen atoms in total. The maximum Gasteiger partial charge on any atom is 0.274 e. The van der Waals surface area contributed by atoms with Crippen LogP contribution in [0.2, 0.25) is 0 Å². The Labute approximate surface area is 164 Å². The molecule has 1 saturated heterocycles. The summed E-state index contributed by atoms with van der Waals surface area (Å²) >= 11 is 0. The first-order valence-corrected chi connectivity index (χ1v) is 9.48. The lowest BCUT2D eigenvalue weighted by Crippen LogP contribution is -2.39. The summed E-state index contributed by atoms with van der Waals surface area (Å²) in [5.74, 6) is 0.324. The van der Waals surface area contributed by atoms with Gasteiger partial charge in [0.15, 0.2) is 0 Å². The molecule has 0 spiro atoms. The number of aryl methyl sites for hydroxylation is 1. The number of piperidine rings is 1. The first-order valence-electron chi connectivity index (χ1n) is 9.48. The maximum absolute atomic E-state index is 12.7. The fourth-order valence-corrected chi connectivity index (χ4v) is 3.36. The number of likely N-dealkylation sites (tertiary alicyclic amines) is 1. The van der Waals surface area contributed by atoms with Gasteiger partial charge in [0.25, 0.3) is 5.91 Å². The molecule has 4 rings (SSSR count). The van der Waals surface area contributed by atoms with Crippen LogP contribution in [0.3, 0.4) is 0 Å². The van der Waals surface area contributed by atoms with Gasteiger partial charge >= 0.3 is 0 Å². The third kappa shape index (κ3) is 4.19. The summed E-state index contributed by atoms with van der Waals surface area (Å²) in [4.78, 5) is 23.0. The van der Waals surface area contributed by atoms with Gasteiger partial charge in [-0.15, -0.1) is 0 Å². The topological polar surface area (TPSA) is 73.1 Å². The molecule has 1 aliphatic rings. The highest BCUT2D eigenvalue weighted by molar-refractivity contribution is 5.92. The van der Waals surface area contributed by atoms with Crippen molar-refractivity contribution in [2.24, 2.45) is 0 Å². The molecule has 0 atom stereocenters.